The quantitative estimate of drug-likeness (QED) is 0.542. The molecule has 4 N–H and O–H groups in total. The third-order valence-electron chi connectivity index (χ3n) is 2.76. The largest absolute Gasteiger partial charge is 0.399 e. The number of nitrogens with two attached hydrogens (primary N) is 1. The van der Waals surface area contributed by atoms with Gasteiger partial charge in [0.25, 0.3) is 5.91 Å². The number of aliphatic hydroxyl groups is 2. The molecule has 100 valence electrons. The first-order chi connectivity index (χ1) is 8.51. The maximum Gasteiger partial charge on any atom is 0.257 e. The fourth-order valence-electron chi connectivity index (χ4n) is 1.64. The number of hydrogen-bond donors (Lipinski definition) is 3. The molecule has 0 aliphatic heterocycles. The predicted octanol–water partition coefficient (Wildman–Crippen LogP) is 1.17. The van der Waals surface area contributed by atoms with Crippen LogP contribution in [-0.4, -0.2) is 33.5 Å². The summed E-state index contributed by atoms with van der Waals surface area (Å²) < 4.78 is 0. The lowest BCUT2D eigenvalue weighted by atomic mass is 10.1. The summed E-state index contributed by atoms with van der Waals surface area (Å²) in [4.78, 5) is 13.3. The second-order valence-electron chi connectivity index (χ2n) is 4.11. The van der Waals surface area contributed by atoms with E-state index >= 15 is 0 Å². The average Bonchev–Trinajstić information content (AvgIpc) is 2.39. The number of hydrogen-bond acceptors (Lipinski definition) is 4. The van der Waals surface area contributed by atoms with Crippen molar-refractivity contribution in [3.63, 3.8) is 0 Å². The van der Waals surface area contributed by atoms with Crippen molar-refractivity contribution in [1.29, 1.82) is 0 Å². The maximum atomic E-state index is 12.2. The SMILES string of the molecule is CCC(O)N(C(=O)c1ccc(N)cc1)C(O)CC. The van der Waals surface area contributed by atoms with Crippen LogP contribution in [0.4, 0.5) is 5.69 Å². The van der Waals surface area contributed by atoms with Crippen molar-refractivity contribution < 1.29 is 15.0 Å². The summed E-state index contributed by atoms with van der Waals surface area (Å²) in [5.41, 5.74) is 6.50. The lowest BCUT2D eigenvalue weighted by Crippen LogP contribution is -2.46. The zero-order chi connectivity index (χ0) is 13.7. The fourth-order valence-corrected chi connectivity index (χ4v) is 1.64. The molecule has 2 atom stereocenters. The summed E-state index contributed by atoms with van der Waals surface area (Å²) in [6, 6.07) is 6.38. The molecule has 0 spiro atoms. The van der Waals surface area contributed by atoms with Crippen LogP contribution in [0.15, 0.2) is 24.3 Å². The van der Waals surface area contributed by atoms with Gasteiger partial charge in [0.1, 0.15) is 12.5 Å². The van der Waals surface area contributed by atoms with Crippen molar-refractivity contribution in [2.75, 3.05) is 5.73 Å². The Bertz CT molecular complexity index is 382. The molecule has 0 heterocycles. The van der Waals surface area contributed by atoms with Crippen molar-refractivity contribution in [3.05, 3.63) is 29.8 Å². The lowest BCUT2D eigenvalue weighted by Gasteiger charge is -2.31. The Morgan fingerprint density at radius 3 is 2.00 bits per heavy atom. The van der Waals surface area contributed by atoms with Gasteiger partial charge >= 0.3 is 0 Å². The number of carbonyl (C=O) groups is 1. The third kappa shape index (κ3) is 3.21. The first-order valence-corrected chi connectivity index (χ1v) is 6.05. The lowest BCUT2D eigenvalue weighted by molar-refractivity contribution is -0.0790. The highest BCUT2D eigenvalue weighted by Crippen LogP contribution is 2.15. The minimum Gasteiger partial charge on any atom is -0.399 e. The number of anilines is 1. The second kappa shape index (κ2) is 6.37. The fraction of sp³-hybridized carbons (Fsp3) is 0.462. The molecule has 0 fully saturated rings. The molecule has 0 aliphatic rings. The van der Waals surface area contributed by atoms with E-state index < -0.39 is 18.4 Å². The minimum absolute atomic E-state index is 0.359. The zero-order valence-corrected chi connectivity index (χ0v) is 10.7. The van der Waals surface area contributed by atoms with Crippen LogP contribution < -0.4 is 5.73 Å². The molecule has 1 aromatic carbocycles. The van der Waals surface area contributed by atoms with Gasteiger partial charge in [-0.2, -0.15) is 0 Å². The topological polar surface area (TPSA) is 86.8 Å². The Balaban J connectivity index is 2.98. The molecule has 1 rings (SSSR count). The van der Waals surface area contributed by atoms with Crippen molar-refractivity contribution in [2.45, 2.75) is 39.1 Å². The molecule has 5 nitrogen and oxygen atoms in total. The van der Waals surface area contributed by atoms with Gasteiger partial charge in [-0.3, -0.25) is 9.69 Å². The number of benzene rings is 1. The highest BCUT2D eigenvalue weighted by molar-refractivity contribution is 5.94. The van der Waals surface area contributed by atoms with Gasteiger partial charge < -0.3 is 15.9 Å². The van der Waals surface area contributed by atoms with Crippen LogP contribution in [0.1, 0.15) is 37.0 Å². The van der Waals surface area contributed by atoms with Crippen molar-refractivity contribution in [2.24, 2.45) is 0 Å². The number of aliphatic hydroxyl groups excluding tert-OH is 2. The van der Waals surface area contributed by atoms with Crippen molar-refractivity contribution >= 4 is 11.6 Å². The van der Waals surface area contributed by atoms with Gasteiger partial charge in [0.2, 0.25) is 0 Å². The average molecular weight is 252 g/mol. The molecule has 2 unspecified atom stereocenters. The monoisotopic (exact) mass is 252 g/mol. The summed E-state index contributed by atoms with van der Waals surface area (Å²) in [6.07, 6.45) is -1.27. The van der Waals surface area contributed by atoms with Crippen LogP contribution in [0.2, 0.25) is 0 Å². The normalized spacial score (nSPS) is 14.0. The summed E-state index contributed by atoms with van der Waals surface area (Å²) >= 11 is 0. The van der Waals surface area contributed by atoms with E-state index in [0.717, 1.165) is 4.90 Å². The Hall–Kier alpha value is -1.59. The molecule has 1 aromatic rings. The predicted molar refractivity (Wildman–Crippen MR) is 69.6 cm³/mol. The van der Waals surface area contributed by atoms with Crippen LogP contribution in [0.25, 0.3) is 0 Å². The molecule has 18 heavy (non-hydrogen) atoms. The van der Waals surface area contributed by atoms with Crippen LogP contribution in [0, 0.1) is 0 Å². The smallest absolute Gasteiger partial charge is 0.257 e. The molecule has 0 bridgehead atoms. The van der Waals surface area contributed by atoms with E-state index in [1.807, 2.05) is 0 Å². The molecule has 0 radical (unpaired) electrons. The standard InChI is InChI=1S/C13H20N2O3/c1-3-11(16)15(12(17)4-2)13(18)9-5-7-10(14)8-6-9/h5-8,11-12,16-17H,3-4,14H2,1-2H3. The Morgan fingerprint density at radius 1 is 1.17 bits per heavy atom. The molecule has 0 aliphatic carbocycles. The van der Waals surface area contributed by atoms with Gasteiger partial charge in [-0.25, -0.2) is 0 Å². The molecular weight excluding hydrogens is 232 g/mol. The molecule has 0 saturated heterocycles. The second-order valence-corrected chi connectivity index (χ2v) is 4.11. The van der Waals surface area contributed by atoms with Gasteiger partial charge in [0.15, 0.2) is 0 Å². The van der Waals surface area contributed by atoms with E-state index in [1.54, 1.807) is 38.1 Å². The Morgan fingerprint density at radius 2 is 1.61 bits per heavy atom. The summed E-state index contributed by atoms with van der Waals surface area (Å²) in [5, 5.41) is 19.7. The minimum atomic E-state index is -0.995. The van der Waals surface area contributed by atoms with Crippen molar-refractivity contribution in [1.82, 2.24) is 4.90 Å². The molecule has 0 saturated carbocycles. The number of carbonyl (C=O) groups excluding carboxylic acids is 1. The van der Waals surface area contributed by atoms with E-state index in [-0.39, 0.29) is 0 Å². The molecule has 0 aromatic heterocycles. The summed E-state index contributed by atoms with van der Waals surface area (Å²) in [6.45, 7) is 3.49. The summed E-state index contributed by atoms with van der Waals surface area (Å²) in [5.74, 6) is -0.404. The van der Waals surface area contributed by atoms with Crippen LogP contribution in [-0.2, 0) is 0 Å². The Labute approximate surface area is 107 Å². The van der Waals surface area contributed by atoms with Gasteiger partial charge in [0.05, 0.1) is 0 Å². The number of nitrogens with zero attached hydrogens (tertiary/aromatic N) is 1. The van der Waals surface area contributed by atoms with Gasteiger partial charge in [0, 0.05) is 11.3 Å². The van der Waals surface area contributed by atoms with E-state index in [9.17, 15) is 15.0 Å². The van der Waals surface area contributed by atoms with E-state index in [2.05, 4.69) is 0 Å². The zero-order valence-electron chi connectivity index (χ0n) is 10.7. The van der Waals surface area contributed by atoms with Gasteiger partial charge in [-0.1, -0.05) is 13.8 Å². The molecular formula is C13H20N2O3. The number of amides is 1. The molecule has 1 amide bonds. The van der Waals surface area contributed by atoms with Crippen LogP contribution in [0.3, 0.4) is 0 Å². The Kier molecular flexibility index (Phi) is 5.12. The van der Waals surface area contributed by atoms with Crippen LogP contribution in [0.5, 0.6) is 0 Å². The van der Waals surface area contributed by atoms with E-state index in [0.29, 0.717) is 24.1 Å². The first kappa shape index (κ1) is 14.5. The van der Waals surface area contributed by atoms with Crippen LogP contribution >= 0.6 is 0 Å². The van der Waals surface area contributed by atoms with Gasteiger partial charge in [-0.15, -0.1) is 0 Å². The highest BCUT2D eigenvalue weighted by Gasteiger charge is 2.27. The number of rotatable bonds is 5. The van der Waals surface area contributed by atoms with E-state index in [1.165, 1.54) is 0 Å². The van der Waals surface area contributed by atoms with Gasteiger partial charge in [-0.05, 0) is 37.1 Å². The number of nitrogen functional groups attached to an aromatic ring is 1. The molecule has 5 heteroatoms. The van der Waals surface area contributed by atoms with Crippen molar-refractivity contribution in [3.8, 4) is 0 Å². The maximum absolute atomic E-state index is 12.2. The van der Waals surface area contributed by atoms with E-state index in [4.69, 9.17) is 5.73 Å². The first-order valence-electron chi connectivity index (χ1n) is 6.05. The summed E-state index contributed by atoms with van der Waals surface area (Å²) in [7, 11) is 0. The third-order valence-corrected chi connectivity index (χ3v) is 2.76. The highest BCUT2D eigenvalue weighted by atomic mass is 16.3.